The van der Waals surface area contributed by atoms with E-state index in [0.717, 1.165) is 24.5 Å². The zero-order chi connectivity index (χ0) is 18.8. The molecule has 0 aliphatic carbocycles. The number of hydrogen-bond donors (Lipinski definition) is 3. The number of aliphatic hydroxyl groups is 1. The van der Waals surface area contributed by atoms with Crippen LogP contribution >= 0.6 is 0 Å². The number of hydrogen-bond acceptors (Lipinski definition) is 4. The third-order valence-corrected chi connectivity index (χ3v) is 4.36. The molecule has 6 nitrogen and oxygen atoms in total. The molecule has 0 radical (unpaired) electrons. The minimum Gasteiger partial charge on any atom is -0.389 e. The maximum Gasteiger partial charge on any atom is 0.319 e. The fourth-order valence-electron chi connectivity index (χ4n) is 3.04. The molecule has 1 aromatic rings. The van der Waals surface area contributed by atoms with E-state index in [1.165, 1.54) is 25.7 Å². The summed E-state index contributed by atoms with van der Waals surface area (Å²) in [6, 6.07) is 7.58. The van der Waals surface area contributed by atoms with E-state index in [0.29, 0.717) is 12.5 Å². The summed E-state index contributed by atoms with van der Waals surface area (Å²) < 4.78 is 5.39. The Morgan fingerprint density at radius 3 is 2.54 bits per heavy atom. The molecule has 26 heavy (non-hydrogen) atoms. The van der Waals surface area contributed by atoms with Gasteiger partial charge in [0.1, 0.15) is 0 Å². The molecule has 0 aromatic heterocycles. The van der Waals surface area contributed by atoms with Crippen LogP contribution in [-0.4, -0.2) is 50.1 Å². The van der Waals surface area contributed by atoms with E-state index < -0.39 is 6.10 Å². The van der Waals surface area contributed by atoms with E-state index in [-0.39, 0.29) is 19.2 Å². The molecule has 0 bridgehead atoms. The number of aliphatic hydroxyl groups excluding tert-OH is 1. The van der Waals surface area contributed by atoms with Gasteiger partial charge >= 0.3 is 6.03 Å². The van der Waals surface area contributed by atoms with Gasteiger partial charge in [-0.3, -0.25) is 0 Å². The molecule has 1 heterocycles. The number of urea groups is 1. The first kappa shape index (κ1) is 20.5. The average Bonchev–Trinajstić information content (AvgIpc) is 2.89. The van der Waals surface area contributed by atoms with Gasteiger partial charge in [0.15, 0.2) is 0 Å². The average molecular weight is 364 g/mol. The van der Waals surface area contributed by atoms with Gasteiger partial charge in [-0.05, 0) is 30.9 Å². The number of nitrogens with zero attached hydrogens (tertiary/aromatic N) is 1. The normalized spacial score (nSPS) is 16.2. The van der Waals surface area contributed by atoms with Gasteiger partial charge in [-0.25, -0.2) is 4.79 Å². The molecule has 146 valence electrons. The van der Waals surface area contributed by atoms with Crippen molar-refractivity contribution in [3.63, 3.8) is 0 Å². The maximum absolute atomic E-state index is 12.2. The Labute approximate surface area is 156 Å². The molecule has 0 saturated carbocycles. The Morgan fingerprint density at radius 1 is 1.15 bits per heavy atom. The van der Waals surface area contributed by atoms with E-state index in [9.17, 15) is 9.90 Å². The van der Waals surface area contributed by atoms with Crippen LogP contribution in [0.4, 0.5) is 16.2 Å². The first-order valence-electron chi connectivity index (χ1n) is 9.71. The standard InChI is InChI=1S/C20H33N3O3/c1-16(2)14-26-15-17(24)13-21-20(25)22-18-9-5-6-10-19(18)23-11-7-3-4-8-12-23/h5-6,9-10,16-17,24H,3-4,7-8,11-15H2,1-2H3,(H2,21,22,25). The summed E-state index contributed by atoms with van der Waals surface area (Å²) in [6.07, 6.45) is 4.19. The van der Waals surface area contributed by atoms with Crippen molar-refractivity contribution in [3.8, 4) is 0 Å². The molecule has 2 rings (SSSR count). The number of ether oxygens (including phenoxy) is 1. The Morgan fingerprint density at radius 2 is 1.85 bits per heavy atom. The fourth-order valence-corrected chi connectivity index (χ4v) is 3.04. The van der Waals surface area contributed by atoms with E-state index in [1.54, 1.807) is 0 Å². The van der Waals surface area contributed by atoms with Crippen LogP contribution in [0.15, 0.2) is 24.3 Å². The first-order valence-corrected chi connectivity index (χ1v) is 9.71. The highest BCUT2D eigenvalue weighted by molar-refractivity contribution is 5.93. The van der Waals surface area contributed by atoms with Crippen LogP contribution in [0, 0.1) is 5.92 Å². The molecular weight excluding hydrogens is 330 g/mol. The summed E-state index contributed by atoms with van der Waals surface area (Å²) in [5, 5.41) is 15.5. The zero-order valence-electron chi connectivity index (χ0n) is 16.0. The van der Waals surface area contributed by atoms with Gasteiger partial charge in [0, 0.05) is 26.2 Å². The van der Waals surface area contributed by atoms with Gasteiger partial charge in [-0.2, -0.15) is 0 Å². The van der Waals surface area contributed by atoms with Crippen LogP contribution in [0.2, 0.25) is 0 Å². The summed E-state index contributed by atoms with van der Waals surface area (Å²) in [4.78, 5) is 14.6. The van der Waals surface area contributed by atoms with Crippen molar-refractivity contribution in [1.29, 1.82) is 0 Å². The van der Waals surface area contributed by atoms with Crippen molar-refractivity contribution >= 4 is 17.4 Å². The highest BCUT2D eigenvalue weighted by atomic mass is 16.5. The minimum atomic E-state index is -0.708. The van der Waals surface area contributed by atoms with Gasteiger partial charge in [-0.1, -0.05) is 38.8 Å². The molecule has 1 fully saturated rings. The van der Waals surface area contributed by atoms with Gasteiger partial charge in [0.2, 0.25) is 0 Å². The van der Waals surface area contributed by atoms with Crippen LogP contribution in [0.1, 0.15) is 39.5 Å². The van der Waals surface area contributed by atoms with E-state index in [1.807, 2.05) is 18.2 Å². The van der Waals surface area contributed by atoms with Crippen molar-refractivity contribution < 1.29 is 14.6 Å². The monoisotopic (exact) mass is 363 g/mol. The molecule has 1 unspecified atom stereocenters. The fraction of sp³-hybridized carbons (Fsp3) is 0.650. The summed E-state index contributed by atoms with van der Waals surface area (Å²) in [7, 11) is 0. The van der Waals surface area contributed by atoms with Crippen LogP contribution in [0.3, 0.4) is 0 Å². The summed E-state index contributed by atoms with van der Waals surface area (Å²) in [5.74, 6) is 0.425. The molecular formula is C20H33N3O3. The number of carbonyl (C=O) groups is 1. The van der Waals surface area contributed by atoms with Crippen molar-refractivity contribution in [2.45, 2.75) is 45.6 Å². The second-order valence-corrected chi connectivity index (χ2v) is 7.34. The van der Waals surface area contributed by atoms with Crippen molar-refractivity contribution in [2.75, 3.05) is 43.1 Å². The molecule has 3 N–H and O–H groups in total. The molecule has 1 aliphatic rings. The predicted octanol–water partition coefficient (Wildman–Crippen LogP) is 3.22. The molecule has 1 saturated heterocycles. The van der Waals surface area contributed by atoms with Gasteiger partial charge in [0.05, 0.1) is 24.1 Å². The molecule has 1 aliphatic heterocycles. The lowest BCUT2D eigenvalue weighted by molar-refractivity contribution is 0.0274. The second kappa shape index (κ2) is 11.0. The molecule has 0 spiro atoms. The summed E-state index contributed by atoms with van der Waals surface area (Å²) in [5.41, 5.74) is 1.86. The second-order valence-electron chi connectivity index (χ2n) is 7.34. The van der Waals surface area contributed by atoms with Gasteiger partial charge in [-0.15, -0.1) is 0 Å². The SMILES string of the molecule is CC(C)COCC(O)CNC(=O)Nc1ccccc1N1CCCCCC1. The Hall–Kier alpha value is -1.79. The summed E-state index contributed by atoms with van der Waals surface area (Å²) in [6.45, 7) is 7.14. The lowest BCUT2D eigenvalue weighted by atomic mass is 10.2. The van der Waals surface area contributed by atoms with Crippen LogP contribution in [0.25, 0.3) is 0 Å². The van der Waals surface area contributed by atoms with E-state index >= 15 is 0 Å². The van der Waals surface area contributed by atoms with Gasteiger partial charge in [0.25, 0.3) is 0 Å². The number of para-hydroxylation sites is 2. The third-order valence-electron chi connectivity index (χ3n) is 4.36. The number of amides is 2. The predicted molar refractivity (Wildman–Crippen MR) is 106 cm³/mol. The number of carbonyl (C=O) groups excluding carboxylic acids is 1. The lowest BCUT2D eigenvalue weighted by Gasteiger charge is -2.25. The van der Waals surface area contributed by atoms with Crippen LogP contribution < -0.4 is 15.5 Å². The smallest absolute Gasteiger partial charge is 0.319 e. The largest absolute Gasteiger partial charge is 0.389 e. The minimum absolute atomic E-state index is 0.163. The molecule has 2 amide bonds. The number of anilines is 2. The van der Waals surface area contributed by atoms with Gasteiger partial charge < -0.3 is 25.4 Å². The van der Waals surface area contributed by atoms with Crippen LogP contribution in [-0.2, 0) is 4.74 Å². The van der Waals surface area contributed by atoms with E-state index in [2.05, 4.69) is 35.4 Å². The first-order chi connectivity index (χ1) is 12.6. The van der Waals surface area contributed by atoms with Crippen molar-refractivity contribution in [2.24, 2.45) is 5.92 Å². The summed E-state index contributed by atoms with van der Waals surface area (Å²) >= 11 is 0. The van der Waals surface area contributed by atoms with Crippen molar-refractivity contribution in [3.05, 3.63) is 24.3 Å². The maximum atomic E-state index is 12.2. The highest BCUT2D eigenvalue weighted by Gasteiger charge is 2.15. The molecule has 6 heteroatoms. The molecule has 1 atom stereocenters. The lowest BCUT2D eigenvalue weighted by Crippen LogP contribution is -2.37. The topological polar surface area (TPSA) is 73.8 Å². The Bertz CT molecular complexity index is 543. The Balaban J connectivity index is 1.83. The zero-order valence-corrected chi connectivity index (χ0v) is 16.0. The van der Waals surface area contributed by atoms with E-state index in [4.69, 9.17) is 4.74 Å². The quantitative estimate of drug-likeness (QED) is 0.663. The highest BCUT2D eigenvalue weighted by Crippen LogP contribution is 2.27. The Kier molecular flexibility index (Phi) is 8.71. The number of rotatable bonds is 8. The van der Waals surface area contributed by atoms with Crippen LogP contribution in [0.5, 0.6) is 0 Å². The number of benzene rings is 1. The molecule has 1 aromatic carbocycles. The van der Waals surface area contributed by atoms with Crippen molar-refractivity contribution in [1.82, 2.24) is 5.32 Å². The third kappa shape index (κ3) is 7.22. The number of nitrogens with one attached hydrogen (secondary N) is 2.